The molecule has 2 aromatic carbocycles. The third-order valence-electron chi connectivity index (χ3n) is 5.61. The second kappa shape index (κ2) is 8.28. The minimum atomic E-state index is -0.603. The number of fused-ring (bicyclic) bond motifs is 1. The van der Waals surface area contributed by atoms with Crippen LogP contribution in [0.4, 0.5) is 4.39 Å². The third-order valence-corrected chi connectivity index (χ3v) is 6.26. The van der Waals surface area contributed by atoms with E-state index in [2.05, 4.69) is 27.0 Å². The number of hydrogen-bond acceptors (Lipinski definition) is 3. The summed E-state index contributed by atoms with van der Waals surface area (Å²) in [5.74, 6) is -0.364. The van der Waals surface area contributed by atoms with Crippen molar-refractivity contribution in [3.8, 4) is 11.1 Å². The molecular formula is C24H23BrFN3O. The zero-order valence-corrected chi connectivity index (χ0v) is 18.5. The highest BCUT2D eigenvalue weighted by molar-refractivity contribution is 9.08. The number of rotatable bonds is 4. The Hall–Kier alpha value is -2.57. The molecule has 0 bridgehead atoms. The van der Waals surface area contributed by atoms with E-state index in [1.165, 1.54) is 12.1 Å². The van der Waals surface area contributed by atoms with E-state index in [-0.39, 0.29) is 11.7 Å². The highest BCUT2D eigenvalue weighted by Crippen LogP contribution is 2.35. The fourth-order valence-electron chi connectivity index (χ4n) is 4.07. The van der Waals surface area contributed by atoms with Gasteiger partial charge in [0.1, 0.15) is 12.0 Å². The van der Waals surface area contributed by atoms with E-state index in [4.69, 9.17) is 5.73 Å². The first-order chi connectivity index (χ1) is 14.4. The van der Waals surface area contributed by atoms with Gasteiger partial charge in [-0.05, 0) is 90.0 Å². The van der Waals surface area contributed by atoms with Gasteiger partial charge in [0.25, 0.3) is 5.91 Å². The van der Waals surface area contributed by atoms with Crippen molar-refractivity contribution in [1.82, 2.24) is 9.88 Å². The Morgan fingerprint density at radius 3 is 2.60 bits per heavy atom. The normalized spacial score (nSPS) is 14.6. The molecule has 6 heteroatoms. The van der Waals surface area contributed by atoms with Crippen LogP contribution in [0.25, 0.3) is 11.1 Å². The molecule has 0 fully saturated rings. The predicted octanol–water partition coefficient (Wildman–Crippen LogP) is 5.06. The van der Waals surface area contributed by atoms with Crippen LogP contribution in [0.1, 0.15) is 44.5 Å². The molecule has 2 N–H and O–H groups in total. The molecule has 1 atom stereocenters. The number of nitrogens with two attached hydrogens (primary N) is 1. The van der Waals surface area contributed by atoms with E-state index in [9.17, 15) is 9.18 Å². The van der Waals surface area contributed by atoms with Gasteiger partial charge < -0.3 is 10.6 Å². The molecule has 30 heavy (non-hydrogen) atoms. The number of pyridine rings is 1. The Morgan fingerprint density at radius 2 is 1.90 bits per heavy atom. The van der Waals surface area contributed by atoms with Gasteiger partial charge in [-0.3, -0.25) is 9.78 Å². The Bertz CT molecular complexity index is 1130. The van der Waals surface area contributed by atoms with Gasteiger partial charge in [-0.25, -0.2) is 4.39 Å². The number of carbonyl (C=O) groups is 1. The molecule has 1 aliphatic rings. The molecule has 0 radical (unpaired) electrons. The molecule has 4 nitrogen and oxygen atoms in total. The predicted molar refractivity (Wildman–Crippen MR) is 120 cm³/mol. The molecule has 0 spiro atoms. The van der Waals surface area contributed by atoms with Crippen molar-refractivity contribution in [3.05, 3.63) is 88.0 Å². The quantitative estimate of drug-likeness (QED) is 0.545. The molecule has 3 aromatic rings. The van der Waals surface area contributed by atoms with E-state index < -0.39 is 6.17 Å². The zero-order valence-electron chi connectivity index (χ0n) is 17.0. The molecule has 0 saturated carbocycles. The summed E-state index contributed by atoms with van der Waals surface area (Å²) in [6, 6.07) is 12.6. The van der Waals surface area contributed by atoms with Gasteiger partial charge in [0.2, 0.25) is 0 Å². The monoisotopic (exact) mass is 467 g/mol. The largest absolute Gasteiger partial charge is 0.317 e. The molecule has 1 aromatic heterocycles. The molecule has 1 amide bonds. The lowest BCUT2D eigenvalue weighted by atomic mass is 9.87. The Balaban J connectivity index is 1.78. The number of carbonyl (C=O) groups excluding carboxylic acids is 1. The second-order valence-electron chi connectivity index (χ2n) is 7.71. The van der Waals surface area contributed by atoms with Crippen molar-refractivity contribution >= 4 is 21.8 Å². The smallest absolute Gasteiger partial charge is 0.255 e. The SMILES string of the molecule is Cc1ccnc([C@@H](N)N2CCc3c(cc(CBr)cc3-c3ccc(F)cc3C)C2=O)c1. The Labute approximate surface area is 184 Å². The van der Waals surface area contributed by atoms with Crippen molar-refractivity contribution in [2.24, 2.45) is 5.73 Å². The first kappa shape index (κ1) is 20.7. The average molecular weight is 468 g/mol. The van der Waals surface area contributed by atoms with Crippen molar-refractivity contribution < 1.29 is 9.18 Å². The molecule has 154 valence electrons. The maximum absolute atomic E-state index is 13.7. The number of benzene rings is 2. The van der Waals surface area contributed by atoms with Crippen molar-refractivity contribution in [2.75, 3.05) is 6.54 Å². The van der Waals surface area contributed by atoms with Crippen LogP contribution >= 0.6 is 15.9 Å². The van der Waals surface area contributed by atoms with Crippen LogP contribution in [0.5, 0.6) is 0 Å². The van der Waals surface area contributed by atoms with Gasteiger partial charge in [-0.2, -0.15) is 0 Å². The van der Waals surface area contributed by atoms with Gasteiger partial charge in [-0.1, -0.05) is 22.0 Å². The lowest BCUT2D eigenvalue weighted by Gasteiger charge is -2.34. The zero-order chi connectivity index (χ0) is 21.4. The van der Waals surface area contributed by atoms with Crippen LogP contribution < -0.4 is 5.73 Å². The molecular weight excluding hydrogens is 445 g/mol. The number of amides is 1. The fourth-order valence-corrected chi connectivity index (χ4v) is 4.40. The maximum Gasteiger partial charge on any atom is 0.255 e. The summed E-state index contributed by atoms with van der Waals surface area (Å²) in [6.45, 7) is 4.37. The second-order valence-corrected chi connectivity index (χ2v) is 8.27. The van der Waals surface area contributed by atoms with Gasteiger partial charge in [0, 0.05) is 23.6 Å². The number of aromatic nitrogens is 1. The first-order valence-corrected chi connectivity index (χ1v) is 11.0. The van der Waals surface area contributed by atoms with Crippen molar-refractivity contribution in [1.29, 1.82) is 0 Å². The Morgan fingerprint density at radius 1 is 1.13 bits per heavy atom. The maximum atomic E-state index is 13.7. The summed E-state index contributed by atoms with van der Waals surface area (Å²) in [4.78, 5) is 19.5. The summed E-state index contributed by atoms with van der Waals surface area (Å²) < 4.78 is 13.7. The van der Waals surface area contributed by atoms with Crippen LogP contribution in [0.2, 0.25) is 0 Å². The van der Waals surface area contributed by atoms with E-state index in [1.807, 2.05) is 32.0 Å². The molecule has 1 aliphatic heterocycles. The number of nitrogens with zero attached hydrogens (tertiary/aromatic N) is 2. The van der Waals surface area contributed by atoms with Crippen LogP contribution in [0.15, 0.2) is 48.7 Å². The van der Waals surface area contributed by atoms with Gasteiger partial charge in [0.15, 0.2) is 0 Å². The lowest BCUT2D eigenvalue weighted by Crippen LogP contribution is -2.44. The van der Waals surface area contributed by atoms with Crippen molar-refractivity contribution in [2.45, 2.75) is 31.8 Å². The van der Waals surface area contributed by atoms with E-state index in [0.29, 0.717) is 29.6 Å². The number of aryl methyl sites for hydroxylation is 2. The van der Waals surface area contributed by atoms with Crippen LogP contribution in [-0.2, 0) is 11.8 Å². The van der Waals surface area contributed by atoms with Crippen LogP contribution in [-0.4, -0.2) is 22.3 Å². The number of hydrogen-bond donors (Lipinski definition) is 1. The average Bonchev–Trinajstić information content (AvgIpc) is 2.73. The van der Waals surface area contributed by atoms with Gasteiger partial charge >= 0.3 is 0 Å². The van der Waals surface area contributed by atoms with E-state index in [0.717, 1.165) is 33.4 Å². The minimum absolute atomic E-state index is 0.101. The van der Waals surface area contributed by atoms with Crippen LogP contribution in [0.3, 0.4) is 0 Å². The van der Waals surface area contributed by atoms with Crippen LogP contribution in [0, 0.1) is 19.7 Å². The third kappa shape index (κ3) is 3.77. The summed E-state index contributed by atoms with van der Waals surface area (Å²) >= 11 is 3.51. The summed E-state index contributed by atoms with van der Waals surface area (Å²) in [7, 11) is 0. The van der Waals surface area contributed by atoms with Crippen molar-refractivity contribution in [3.63, 3.8) is 0 Å². The fraction of sp³-hybridized carbons (Fsp3) is 0.250. The molecule has 0 unspecified atom stereocenters. The molecule has 0 saturated heterocycles. The number of alkyl halides is 1. The van der Waals surface area contributed by atoms with E-state index in [1.54, 1.807) is 17.2 Å². The topological polar surface area (TPSA) is 59.2 Å². The summed E-state index contributed by atoms with van der Waals surface area (Å²) in [5, 5.41) is 0.617. The standard InChI is InChI=1S/C24H23BrFN3O/c1-14-5-7-28-22(9-14)23(27)29-8-6-19-20(18-4-3-17(26)10-15(18)2)11-16(13-25)12-21(19)24(29)30/h3-5,7,9-12,23H,6,8,13,27H2,1-2H3/t23-/m0/s1. The summed E-state index contributed by atoms with van der Waals surface area (Å²) in [5.41, 5.74) is 13.6. The highest BCUT2D eigenvalue weighted by atomic mass is 79.9. The molecule has 0 aliphatic carbocycles. The van der Waals surface area contributed by atoms with E-state index >= 15 is 0 Å². The lowest BCUT2D eigenvalue weighted by molar-refractivity contribution is 0.0658. The molecule has 2 heterocycles. The Kier molecular flexibility index (Phi) is 5.71. The number of halogens is 2. The summed E-state index contributed by atoms with van der Waals surface area (Å²) in [6.07, 6.45) is 1.79. The highest BCUT2D eigenvalue weighted by Gasteiger charge is 2.31. The van der Waals surface area contributed by atoms with Gasteiger partial charge in [0.05, 0.1) is 5.69 Å². The molecule has 4 rings (SSSR count). The minimum Gasteiger partial charge on any atom is -0.317 e. The van der Waals surface area contributed by atoms with Gasteiger partial charge in [-0.15, -0.1) is 0 Å². The first-order valence-electron chi connectivity index (χ1n) is 9.86.